The van der Waals surface area contributed by atoms with Crippen LogP contribution in [-0.4, -0.2) is 66.4 Å². The number of nitrogens with zero attached hydrogens (tertiary/aromatic N) is 3. The van der Waals surface area contributed by atoms with Crippen molar-refractivity contribution in [1.82, 2.24) is 15.0 Å². The smallest absolute Gasteiger partial charge is 0.180 e. The largest absolute Gasteiger partial charge is 0.394 e. The average molecular weight is 325 g/mol. The average Bonchev–Trinajstić information content (AvgIpc) is 3.03. The number of halogens is 1. The zero-order valence-electron chi connectivity index (χ0n) is 11.9. The van der Waals surface area contributed by atoms with E-state index in [-0.39, 0.29) is 5.82 Å². The lowest BCUT2D eigenvalue weighted by Crippen LogP contribution is -2.56. The summed E-state index contributed by atoms with van der Waals surface area (Å²) in [6.07, 6.45) is -5.07. The molecule has 2 heterocycles. The topological polar surface area (TPSA) is 121 Å². The molecule has 1 aliphatic heterocycles. The van der Waals surface area contributed by atoms with Gasteiger partial charge in [-0.2, -0.15) is 0 Å². The number of rotatable bonds is 3. The Hall–Kier alpha value is -1.91. The maximum atomic E-state index is 12.9. The van der Waals surface area contributed by atoms with E-state index in [9.17, 15) is 24.8 Å². The van der Waals surface area contributed by atoms with E-state index in [0.29, 0.717) is 11.3 Å². The van der Waals surface area contributed by atoms with Crippen LogP contribution in [-0.2, 0) is 4.74 Å². The van der Waals surface area contributed by atoms with Gasteiger partial charge in [-0.1, -0.05) is 5.21 Å². The van der Waals surface area contributed by atoms with Crippen LogP contribution in [0.25, 0.3) is 11.3 Å². The van der Waals surface area contributed by atoms with Gasteiger partial charge in [0, 0.05) is 5.56 Å². The molecule has 0 bridgehead atoms. The number of aliphatic hydroxyl groups is 4. The third-order valence-electron chi connectivity index (χ3n) is 3.78. The minimum Gasteiger partial charge on any atom is -0.394 e. The van der Waals surface area contributed by atoms with Crippen molar-refractivity contribution in [3.05, 3.63) is 36.3 Å². The molecule has 1 aromatic heterocycles. The van der Waals surface area contributed by atoms with Gasteiger partial charge < -0.3 is 25.2 Å². The first kappa shape index (κ1) is 16.0. The van der Waals surface area contributed by atoms with Crippen LogP contribution >= 0.6 is 0 Å². The lowest BCUT2D eigenvalue weighted by atomic mass is 9.98. The van der Waals surface area contributed by atoms with E-state index < -0.39 is 37.3 Å². The summed E-state index contributed by atoms with van der Waals surface area (Å²) >= 11 is 0. The van der Waals surface area contributed by atoms with E-state index >= 15 is 0 Å². The van der Waals surface area contributed by atoms with Gasteiger partial charge in [0.1, 0.15) is 35.9 Å². The van der Waals surface area contributed by atoms with E-state index in [4.69, 9.17) is 4.74 Å². The molecule has 1 aromatic carbocycles. The Morgan fingerprint density at radius 3 is 2.43 bits per heavy atom. The Morgan fingerprint density at radius 2 is 1.78 bits per heavy atom. The van der Waals surface area contributed by atoms with E-state index in [0.717, 1.165) is 0 Å². The number of hydrogen-bond donors (Lipinski definition) is 4. The molecule has 124 valence electrons. The quantitative estimate of drug-likeness (QED) is 0.574. The molecule has 1 fully saturated rings. The van der Waals surface area contributed by atoms with E-state index in [1.807, 2.05) is 0 Å². The molecule has 1 aliphatic rings. The molecule has 0 radical (unpaired) electrons. The second-order valence-electron chi connectivity index (χ2n) is 5.31. The normalized spacial score (nSPS) is 31.3. The Morgan fingerprint density at radius 1 is 1.09 bits per heavy atom. The first-order chi connectivity index (χ1) is 11.0. The molecule has 4 N–H and O–H groups in total. The fourth-order valence-corrected chi connectivity index (χ4v) is 2.45. The van der Waals surface area contributed by atoms with Crippen LogP contribution < -0.4 is 0 Å². The molecule has 0 saturated carbocycles. The van der Waals surface area contributed by atoms with Crippen molar-refractivity contribution < 1.29 is 29.6 Å². The molecule has 2 aromatic rings. The monoisotopic (exact) mass is 325 g/mol. The Bertz CT molecular complexity index is 663. The van der Waals surface area contributed by atoms with Gasteiger partial charge in [0.05, 0.1) is 12.8 Å². The van der Waals surface area contributed by atoms with Crippen LogP contribution in [0.4, 0.5) is 4.39 Å². The summed E-state index contributed by atoms with van der Waals surface area (Å²) < 4.78 is 19.5. The van der Waals surface area contributed by atoms with Gasteiger partial charge in [-0.25, -0.2) is 9.07 Å². The summed E-state index contributed by atoms with van der Waals surface area (Å²) in [5, 5.41) is 46.5. The predicted molar refractivity (Wildman–Crippen MR) is 74.4 cm³/mol. The summed E-state index contributed by atoms with van der Waals surface area (Å²) in [4.78, 5) is 0. The summed E-state index contributed by atoms with van der Waals surface area (Å²) in [5.41, 5.74) is 1.03. The van der Waals surface area contributed by atoms with Crippen molar-refractivity contribution >= 4 is 0 Å². The van der Waals surface area contributed by atoms with Gasteiger partial charge in [0.25, 0.3) is 0 Å². The van der Waals surface area contributed by atoms with E-state index in [2.05, 4.69) is 10.3 Å². The van der Waals surface area contributed by atoms with Gasteiger partial charge in [-0.3, -0.25) is 0 Å². The van der Waals surface area contributed by atoms with E-state index in [1.165, 1.54) is 35.1 Å². The SMILES string of the molecule is OC[C@H]1O[C@@H](n2cc(-c3ccc(F)cc3)nn2)[C@H](O)[C@@H](O)[C@@H]1O. The highest BCUT2D eigenvalue weighted by molar-refractivity contribution is 5.57. The molecule has 0 aliphatic carbocycles. The second-order valence-corrected chi connectivity index (χ2v) is 5.31. The fourth-order valence-electron chi connectivity index (χ4n) is 2.45. The number of aliphatic hydroxyl groups excluding tert-OH is 4. The van der Waals surface area contributed by atoms with Crippen molar-refractivity contribution in [2.24, 2.45) is 0 Å². The fraction of sp³-hybridized carbons (Fsp3) is 0.429. The molecular formula is C14H16FN3O5. The minimum absolute atomic E-state index is 0.380. The zero-order valence-corrected chi connectivity index (χ0v) is 11.9. The van der Waals surface area contributed by atoms with Crippen molar-refractivity contribution in [2.45, 2.75) is 30.6 Å². The highest BCUT2D eigenvalue weighted by Gasteiger charge is 2.44. The Labute approximate surface area is 130 Å². The number of benzene rings is 1. The molecule has 0 spiro atoms. The molecule has 9 heteroatoms. The number of ether oxygens (including phenoxy) is 1. The maximum absolute atomic E-state index is 12.9. The van der Waals surface area contributed by atoms with Gasteiger partial charge in [-0.15, -0.1) is 5.10 Å². The third-order valence-corrected chi connectivity index (χ3v) is 3.78. The lowest BCUT2D eigenvalue weighted by molar-refractivity contribution is -0.254. The van der Waals surface area contributed by atoms with Crippen molar-refractivity contribution in [1.29, 1.82) is 0 Å². The molecule has 0 amide bonds. The van der Waals surface area contributed by atoms with Gasteiger partial charge in [-0.05, 0) is 24.3 Å². The van der Waals surface area contributed by atoms with E-state index in [1.54, 1.807) is 0 Å². The standard InChI is InChI=1S/C14H16FN3O5/c15-8-3-1-7(2-4-8)9-5-18(17-16-9)14-13(22)12(21)11(20)10(6-19)23-14/h1-5,10-14,19-22H,6H2/t10-,11-,12+,13-,14-/m1/s1. The van der Waals surface area contributed by atoms with Crippen LogP contribution in [0, 0.1) is 5.82 Å². The van der Waals surface area contributed by atoms with Crippen LogP contribution in [0.3, 0.4) is 0 Å². The number of hydrogen-bond acceptors (Lipinski definition) is 7. The van der Waals surface area contributed by atoms with Crippen LogP contribution in [0.2, 0.25) is 0 Å². The van der Waals surface area contributed by atoms with Crippen LogP contribution in [0.5, 0.6) is 0 Å². The van der Waals surface area contributed by atoms with Crippen LogP contribution in [0.1, 0.15) is 6.23 Å². The molecule has 5 atom stereocenters. The summed E-state index contributed by atoms with van der Waals surface area (Å²) in [6.45, 7) is -0.527. The van der Waals surface area contributed by atoms with Gasteiger partial charge in [0.2, 0.25) is 0 Å². The van der Waals surface area contributed by atoms with Crippen molar-refractivity contribution in [2.75, 3.05) is 6.61 Å². The van der Waals surface area contributed by atoms with Gasteiger partial charge in [0.15, 0.2) is 6.23 Å². The van der Waals surface area contributed by atoms with Crippen molar-refractivity contribution in [3.8, 4) is 11.3 Å². The number of aromatic nitrogens is 3. The third kappa shape index (κ3) is 2.96. The summed E-state index contributed by atoms with van der Waals surface area (Å²) in [6, 6.07) is 5.61. The molecule has 0 unspecified atom stereocenters. The molecule has 1 saturated heterocycles. The lowest BCUT2D eigenvalue weighted by Gasteiger charge is -2.39. The molecule has 8 nitrogen and oxygen atoms in total. The highest BCUT2D eigenvalue weighted by atomic mass is 19.1. The maximum Gasteiger partial charge on any atom is 0.180 e. The Kier molecular flexibility index (Phi) is 4.37. The molecular weight excluding hydrogens is 309 g/mol. The van der Waals surface area contributed by atoms with Crippen LogP contribution in [0.15, 0.2) is 30.5 Å². The summed E-state index contributed by atoms with van der Waals surface area (Å²) in [7, 11) is 0. The van der Waals surface area contributed by atoms with Gasteiger partial charge >= 0.3 is 0 Å². The summed E-state index contributed by atoms with van der Waals surface area (Å²) in [5.74, 6) is -0.380. The highest BCUT2D eigenvalue weighted by Crippen LogP contribution is 2.28. The second kappa shape index (κ2) is 6.30. The molecule has 23 heavy (non-hydrogen) atoms. The Balaban J connectivity index is 1.85. The first-order valence-electron chi connectivity index (χ1n) is 6.99. The van der Waals surface area contributed by atoms with Crippen molar-refractivity contribution in [3.63, 3.8) is 0 Å². The zero-order chi connectivity index (χ0) is 16.6. The first-order valence-corrected chi connectivity index (χ1v) is 6.99. The predicted octanol–water partition coefficient (Wildman–Crippen LogP) is -0.943. The molecule has 3 rings (SSSR count). The minimum atomic E-state index is -1.50.